The number of benzene rings is 3. The molecule has 0 saturated heterocycles. The summed E-state index contributed by atoms with van der Waals surface area (Å²) in [4.78, 5) is 17.3. The van der Waals surface area contributed by atoms with E-state index in [4.69, 9.17) is 31.6 Å². The number of nitrogens with zero attached hydrogens (tertiary/aromatic N) is 1. The summed E-state index contributed by atoms with van der Waals surface area (Å²) in [6.45, 7) is 0.160. The van der Waals surface area contributed by atoms with Crippen molar-refractivity contribution in [2.24, 2.45) is 10.9 Å². The van der Waals surface area contributed by atoms with Gasteiger partial charge in [0.1, 0.15) is 23.9 Å². The van der Waals surface area contributed by atoms with Crippen LogP contribution in [0.25, 0.3) is 0 Å². The van der Waals surface area contributed by atoms with E-state index in [0.29, 0.717) is 27.6 Å². The topological polar surface area (TPSA) is 83.1 Å². The molecule has 0 aliphatic heterocycles. The van der Waals surface area contributed by atoms with Crippen LogP contribution in [0.4, 0.5) is 4.39 Å². The van der Waals surface area contributed by atoms with E-state index in [2.05, 4.69) is 5.16 Å². The highest BCUT2D eigenvalue weighted by molar-refractivity contribution is 6.30. The van der Waals surface area contributed by atoms with E-state index in [1.165, 1.54) is 37.4 Å². The van der Waals surface area contributed by atoms with Gasteiger partial charge in [0, 0.05) is 16.1 Å². The fourth-order valence-corrected chi connectivity index (χ4v) is 2.65. The number of ether oxygens (including phenoxy) is 2. The van der Waals surface area contributed by atoms with Crippen molar-refractivity contribution in [2.75, 3.05) is 7.11 Å². The first-order valence-electron chi connectivity index (χ1n) is 8.82. The molecule has 6 nitrogen and oxygen atoms in total. The van der Waals surface area contributed by atoms with E-state index < -0.39 is 11.8 Å². The monoisotopic (exact) mass is 428 g/mol. The summed E-state index contributed by atoms with van der Waals surface area (Å²) in [6.07, 6.45) is 0. The van der Waals surface area contributed by atoms with Crippen molar-refractivity contribution in [1.82, 2.24) is 0 Å². The third kappa shape index (κ3) is 5.48. The number of oxime groups is 1. The van der Waals surface area contributed by atoms with Crippen LogP contribution in [-0.2, 0) is 11.4 Å². The summed E-state index contributed by atoms with van der Waals surface area (Å²) in [5, 5.41) is 4.22. The van der Waals surface area contributed by atoms with Crippen LogP contribution in [-0.4, -0.2) is 18.9 Å². The molecule has 3 aromatic carbocycles. The highest BCUT2D eigenvalue weighted by Gasteiger charge is 2.13. The molecule has 0 amide bonds. The Morgan fingerprint density at radius 1 is 1.03 bits per heavy atom. The van der Waals surface area contributed by atoms with Gasteiger partial charge in [-0.25, -0.2) is 9.18 Å². The zero-order valence-electron chi connectivity index (χ0n) is 16.0. The number of rotatable bonds is 7. The number of hydrogen-bond acceptors (Lipinski definition) is 5. The van der Waals surface area contributed by atoms with Gasteiger partial charge in [-0.15, -0.1) is 0 Å². The zero-order valence-corrected chi connectivity index (χ0v) is 16.7. The normalized spacial score (nSPS) is 11.1. The number of carbonyl (C=O) groups excluding carboxylic acids is 1. The molecule has 30 heavy (non-hydrogen) atoms. The fraction of sp³-hybridized carbons (Fsp3) is 0.0909. The first kappa shape index (κ1) is 21.1. The van der Waals surface area contributed by atoms with Gasteiger partial charge in [0.15, 0.2) is 5.84 Å². The average molecular weight is 429 g/mol. The van der Waals surface area contributed by atoms with E-state index in [1.54, 1.807) is 36.4 Å². The summed E-state index contributed by atoms with van der Waals surface area (Å²) < 4.78 is 24.0. The molecule has 0 aliphatic rings. The van der Waals surface area contributed by atoms with Crippen LogP contribution in [0.1, 0.15) is 21.5 Å². The number of amidine groups is 1. The molecule has 0 aromatic heterocycles. The molecule has 0 heterocycles. The smallest absolute Gasteiger partial charge is 0.365 e. The first-order valence-corrected chi connectivity index (χ1v) is 9.20. The maximum atomic E-state index is 13.0. The second-order valence-corrected chi connectivity index (χ2v) is 6.57. The van der Waals surface area contributed by atoms with Crippen LogP contribution in [0.2, 0.25) is 5.02 Å². The Hall–Kier alpha value is -3.58. The van der Waals surface area contributed by atoms with Gasteiger partial charge in [-0.3, -0.25) is 0 Å². The number of hydrogen-bond donors (Lipinski definition) is 1. The molecule has 0 fully saturated rings. The van der Waals surface area contributed by atoms with E-state index in [1.807, 2.05) is 0 Å². The Balaban J connectivity index is 1.71. The average Bonchev–Trinajstić information content (AvgIpc) is 2.77. The lowest BCUT2D eigenvalue weighted by atomic mass is 10.1. The minimum atomic E-state index is -0.713. The van der Waals surface area contributed by atoms with Gasteiger partial charge in [0.2, 0.25) is 0 Å². The summed E-state index contributed by atoms with van der Waals surface area (Å²) in [7, 11) is 1.52. The van der Waals surface area contributed by atoms with Crippen molar-refractivity contribution in [3.8, 4) is 11.5 Å². The Bertz CT molecular complexity index is 1050. The highest BCUT2D eigenvalue weighted by Crippen LogP contribution is 2.23. The first-order chi connectivity index (χ1) is 14.5. The van der Waals surface area contributed by atoms with Crippen LogP contribution in [0.15, 0.2) is 71.9 Å². The lowest BCUT2D eigenvalue weighted by Gasteiger charge is -2.11. The van der Waals surface area contributed by atoms with Crippen molar-refractivity contribution in [2.45, 2.75) is 6.61 Å². The number of nitrogens with two attached hydrogens (primary N) is 1. The Kier molecular flexibility index (Phi) is 6.87. The molecule has 8 heteroatoms. The Morgan fingerprint density at radius 3 is 2.37 bits per heavy atom. The van der Waals surface area contributed by atoms with Gasteiger partial charge in [-0.1, -0.05) is 16.8 Å². The molecule has 0 radical (unpaired) electrons. The van der Waals surface area contributed by atoms with Crippen molar-refractivity contribution < 1.29 is 23.5 Å². The van der Waals surface area contributed by atoms with Gasteiger partial charge in [0.05, 0.1) is 12.7 Å². The molecule has 0 aliphatic carbocycles. The Labute approximate surface area is 177 Å². The van der Waals surface area contributed by atoms with Gasteiger partial charge in [-0.2, -0.15) is 0 Å². The van der Waals surface area contributed by atoms with Crippen molar-refractivity contribution in [1.29, 1.82) is 0 Å². The second kappa shape index (κ2) is 9.76. The van der Waals surface area contributed by atoms with E-state index >= 15 is 0 Å². The van der Waals surface area contributed by atoms with E-state index in [0.717, 1.165) is 0 Å². The van der Waals surface area contributed by atoms with Crippen LogP contribution < -0.4 is 15.2 Å². The summed E-state index contributed by atoms with van der Waals surface area (Å²) in [5.74, 6) is -0.00492. The summed E-state index contributed by atoms with van der Waals surface area (Å²) >= 11 is 5.87. The van der Waals surface area contributed by atoms with Crippen LogP contribution in [0.5, 0.6) is 11.5 Å². The van der Waals surface area contributed by atoms with Gasteiger partial charge < -0.3 is 20.0 Å². The van der Waals surface area contributed by atoms with Gasteiger partial charge >= 0.3 is 5.97 Å². The molecule has 0 spiro atoms. The molecule has 3 aromatic rings. The second-order valence-electron chi connectivity index (χ2n) is 6.13. The minimum Gasteiger partial charge on any atom is -0.496 e. The van der Waals surface area contributed by atoms with Crippen molar-refractivity contribution in [3.63, 3.8) is 0 Å². The lowest BCUT2D eigenvalue weighted by molar-refractivity contribution is 0.0516. The van der Waals surface area contributed by atoms with Crippen molar-refractivity contribution in [3.05, 3.63) is 94.3 Å². The van der Waals surface area contributed by atoms with Crippen LogP contribution in [0, 0.1) is 5.82 Å². The molecule has 0 atom stereocenters. The van der Waals surface area contributed by atoms with Crippen LogP contribution in [0.3, 0.4) is 0 Å². The predicted molar refractivity (Wildman–Crippen MR) is 111 cm³/mol. The third-order valence-electron chi connectivity index (χ3n) is 4.09. The highest BCUT2D eigenvalue weighted by atomic mass is 35.5. The number of carbonyl (C=O) groups is 1. The molecular weight excluding hydrogens is 411 g/mol. The number of methoxy groups -OCH3 is 1. The maximum Gasteiger partial charge on any atom is 0.365 e. The SMILES string of the molecule is COc1ccc(C(=O)O/N=C(\N)c2ccc(F)cc2)cc1COc1ccc(Cl)cc1. The summed E-state index contributed by atoms with van der Waals surface area (Å²) in [6, 6.07) is 17.0. The maximum absolute atomic E-state index is 13.0. The largest absolute Gasteiger partial charge is 0.496 e. The molecule has 0 saturated carbocycles. The molecule has 0 unspecified atom stereocenters. The molecule has 154 valence electrons. The minimum absolute atomic E-state index is 0.0526. The quantitative estimate of drug-likeness (QED) is 0.258. The van der Waals surface area contributed by atoms with Crippen LogP contribution >= 0.6 is 11.6 Å². The zero-order chi connectivity index (χ0) is 21.5. The molecule has 2 N–H and O–H groups in total. The summed E-state index contributed by atoms with van der Waals surface area (Å²) in [5.41, 5.74) is 7.07. The van der Waals surface area contributed by atoms with Gasteiger partial charge in [0.25, 0.3) is 0 Å². The number of halogens is 2. The fourth-order valence-electron chi connectivity index (χ4n) is 2.53. The van der Waals surface area contributed by atoms with E-state index in [9.17, 15) is 9.18 Å². The Morgan fingerprint density at radius 2 is 1.70 bits per heavy atom. The standard InChI is InChI=1S/C22H18ClFN2O4/c1-28-20-11-4-15(12-16(20)13-29-19-9-5-17(23)6-10-19)22(27)30-26-21(25)14-2-7-18(24)8-3-14/h2-12H,13H2,1H3,(H2,25,26). The lowest BCUT2D eigenvalue weighted by Crippen LogP contribution is -2.15. The van der Waals surface area contributed by atoms with Gasteiger partial charge in [-0.05, 0) is 66.7 Å². The molecule has 3 rings (SSSR count). The molecule has 0 bridgehead atoms. The van der Waals surface area contributed by atoms with E-state index in [-0.39, 0.29) is 18.0 Å². The molecular formula is C22H18ClFN2O4. The predicted octanol–water partition coefficient (Wildman–Crippen LogP) is 4.54. The van der Waals surface area contributed by atoms with Crippen molar-refractivity contribution >= 4 is 23.4 Å². The third-order valence-corrected chi connectivity index (χ3v) is 4.34.